The first-order valence-electron chi connectivity index (χ1n) is 4.42. The van der Waals surface area contributed by atoms with Gasteiger partial charge in [0.15, 0.2) is 11.5 Å². The lowest BCUT2D eigenvalue weighted by molar-refractivity contribution is -0.137. The number of hydrogen-bond acceptors (Lipinski definition) is 5. The first-order valence-corrected chi connectivity index (χ1v) is 4.42. The fraction of sp³-hybridized carbons (Fsp3) is 0.200. The number of fused-ring (bicyclic) bond motifs is 3. The number of rotatable bonds is 0. The molecule has 0 fully saturated rings. The monoisotopic (exact) mass is 206 g/mol. The van der Waals surface area contributed by atoms with Gasteiger partial charge in [-0.2, -0.15) is 0 Å². The van der Waals surface area contributed by atoms with Crippen molar-refractivity contribution in [1.82, 2.24) is 0 Å². The van der Waals surface area contributed by atoms with Crippen LogP contribution in [-0.4, -0.2) is 18.7 Å². The molecule has 0 spiro atoms. The van der Waals surface area contributed by atoms with Crippen molar-refractivity contribution >= 4 is 11.9 Å². The van der Waals surface area contributed by atoms with Gasteiger partial charge in [-0.15, -0.1) is 0 Å². The van der Waals surface area contributed by atoms with Gasteiger partial charge in [-0.1, -0.05) is 6.07 Å². The maximum atomic E-state index is 11.5. The molecule has 0 saturated carbocycles. The summed E-state index contributed by atoms with van der Waals surface area (Å²) in [4.78, 5) is 22.5. The van der Waals surface area contributed by atoms with E-state index in [1.54, 1.807) is 12.1 Å². The van der Waals surface area contributed by atoms with Gasteiger partial charge in [0, 0.05) is 0 Å². The van der Waals surface area contributed by atoms with Crippen LogP contribution in [0.1, 0.15) is 15.9 Å². The molecule has 3 rings (SSSR count). The van der Waals surface area contributed by atoms with Gasteiger partial charge >= 0.3 is 11.9 Å². The molecule has 1 aromatic carbocycles. The maximum Gasteiger partial charge on any atom is 0.350 e. The number of ether oxygens (including phenoxy) is 3. The molecule has 0 aromatic heterocycles. The van der Waals surface area contributed by atoms with E-state index in [0.29, 0.717) is 22.6 Å². The fourth-order valence-electron chi connectivity index (χ4n) is 1.73. The van der Waals surface area contributed by atoms with Crippen molar-refractivity contribution in [2.24, 2.45) is 0 Å². The molecule has 15 heavy (non-hydrogen) atoms. The summed E-state index contributed by atoms with van der Waals surface area (Å²) in [5.41, 5.74) is 0.935. The van der Waals surface area contributed by atoms with E-state index in [-0.39, 0.29) is 13.2 Å². The highest BCUT2D eigenvalue weighted by atomic mass is 16.7. The maximum absolute atomic E-state index is 11.5. The average molecular weight is 206 g/mol. The van der Waals surface area contributed by atoms with E-state index < -0.39 is 11.9 Å². The second-order valence-corrected chi connectivity index (χ2v) is 3.27. The van der Waals surface area contributed by atoms with Crippen LogP contribution in [0.2, 0.25) is 0 Å². The molecule has 5 heteroatoms. The van der Waals surface area contributed by atoms with E-state index >= 15 is 0 Å². The second-order valence-electron chi connectivity index (χ2n) is 3.27. The lowest BCUT2D eigenvalue weighted by Crippen LogP contribution is -2.23. The molecule has 2 aliphatic heterocycles. The van der Waals surface area contributed by atoms with E-state index in [1.807, 2.05) is 0 Å². The third-order valence-corrected chi connectivity index (χ3v) is 2.37. The molecule has 0 N–H and O–H groups in total. The first kappa shape index (κ1) is 8.28. The van der Waals surface area contributed by atoms with Gasteiger partial charge in [0.2, 0.25) is 6.79 Å². The molecule has 0 radical (unpaired) electrons. The number of hydrogen-bond donors (Lipinski definition) is 0. The van der Waals surface area contributed by atoms with E-state index in [4.69, 9.17) is 9.47 Å². The second kappa shape index (κ2) is 2.73. The van der Waals surface area contributed by atoms with Gasteiger partial charge in [0.1, 0.15) is 5.56 Å². The number of carbonyl (C=O) groups excluding carboxylic acids is 2. The predicted molar refractivity (Wildman–Crippen MR) is 46.7 cm³/mol. The molecule has 5 nitrogen and oxygen atoms in total. The van der Waals surface area contributed by atoms with Crippen LogP contribution in [0.4, 0.5) is 0 Å². The Hall–Kier alpha value is -2.04. The van der Waals surface area contributed by atoms with Crippen LogP contribution in [0.25, 0.3) is 0 Å². The third kappa shape index (κ3) is 1.09. The van der Waals surface area contributed by atoms with Crippen molar-refractivity contribution in [1.29, 1.82) is 0 Å². The van der Waals surface area contributed by atoms with Crippen LogP contribution >= 0.6 is 0 Å². The number of cyclic esters (lactones) is 2. The molecule has 1 aromatic rings. The molecule has 0 aliphatic carbocycles. The van der Waals surface area contributed by atoms with Crippen LogP contribution in [0.3, 0.4) is 0 Å². The average Bonchev–Trinajstić information content (AvgIpc) is 2.63. The number of esters is 2. The van der Waals surface area contributed by atoms with Crippen LogP contribution in [-0.2, 0) is 16.0 Å². The topological polar surface area (TPSA) is 61.8 Å². The fourth-order valence-corrected chi connectivity index (χ4v) is 1.73. The lowest BCUT2D eigenvalue weighted by atomic mass is 10.0. The Bertz CT molecular complexity index is 477. The SMILES string of the molecule is O=C1Cc2ccc3c(c2C(=O)O1)OCO3. The summed E-state index contributed by atoms with van der Waals surface area (Å²) >= 11 is 0. The minimum atomic E-state index is -0.663. The molecule has 2 aliphatic rings. The summed E-state index contributed by atoms with van der Waals surface area (Å²) in [6, 6.07) is 3.37. The number of carbonyl (C=O) groups is 2. The predicted octanol–water partition coefficient (Wildman–Crippen LogP) is 0.655. The summed E-state index contributed by atoms with van der Waals surface area (Å²) in [5, 5.41) is 0. The Labute approximate surface area is 84.5 Å². The summed E-state index contributed by atoms with van der Waals surface area (Å²) in [7, 11) is 0. The largest absolute Gasteiger partial charge is 0.454 e. The van der Waals surface area contributed by atoms with Gasteiger partial charge in [-0.25, -0.2) is 4.79 Å². The highest BCUT2D eigenvalue weighted by Crippen LogP contribution is 2.39. The standard InChI is InChI=1S/C10H6O5/c11-7-3-5-1-2-6-9(14-4-13-6)8(5)10(12)15-7/h1-2H,3-4H2. The minimum absolute atomic E-state index is 0.0903. The van der Waals surface area contributed by atoms with Crippen molar-refractivity contribution < 1.29 is 23.8 Å². The molecule has 0 atom stereocenters. The molecule has 0 amide bonds. The van der Waals surface area contributed by atoms with Gasteiger partial charge < -0.3 is 14.2 Å². The van der Waals surface area contributed by atoms with E-state index in [9.17, 15) is 9.59 Å². The van der Waals surface area contributed by atoms with Crippen molar-refractivity contribution in [2.75, 3.05) is 6.79 Å². The van der Waals surface area contributed by atoms with Crippen molar-refractivity contribution in [2.45, 2.75) is 6.42 Å². The lowest BCUT2D eigenvalue weighted by Gasteiger charge is -2.14. The normalized spacial score (nSPS) is 17.3. The molecule has 0 unspecified atom stereocenters. The highest BCUT2D eigenvalue weighted by molar-refractivity contribution is 6.05. The molecule has 2 heterocycles. The van der Waals surface area contributed by atoms with Crippen LogP contribution < -0.4 is 9.47 Å². The Kier molecular flexibility index (Phi) is 1.50. The Balaban J connectivity index is 2.23. The smallest absolute Gasteiger partial charge is 0.350 e. The molecule has 0 saturated heterocycles. The Morgan fingerprint density at radius 2 is 2.00 bits per heavy atom. The van der Waals surface area contributed by atoms with E-state index in [0.717, 1.165) is 0 Å². The van der Waals surface area contributed by atoms with Gasteiger partial charge in [0.25, 0.3) is 0 Å². The van der Waals surface area contributed by atoms with Crippen LogP contribution in [0.15, 0.2) is 12.1 Å². The highest BCUT2D eigenvalue weighted by Gasteiger charge is 2.32. The van der Waals surface area contributed by atoms with Gasteiger partial charge in [0.05, 0.1) is 6.42 Å². The van der Waals surface area contributed by atoms with Gasteiger partial charge in [-0.05, 0) is 11.6 Å². The van der Waals surface area contributed by atoms with Crippen molar-refractivity contribution in [3.8, 4) is 11.5 Å². The molecule has 76 valence electrons. The van der Waals surface area contributed by atoms with E-state index in [2.05, 4.69) is 4.74 Å². The zero-order valence-corrected chi connectivity index (χ0v) is 7.61. The molecule has 0 bridgehead atoms. The first-order chi connectivity index (χ1) is 7.25. The zero-order valence-electron chi connectivity index (χ0n) is 7.61. The summed E-state index contributed by atoms with van der Waals surface area (Å²) in [6.45, 7) is 0.0903. The minimum Gasteiger partial charge on any atom is -0.454 e. The van der Waals surface area contributed by atoms with Crippen molar-refractivity contribution in [3.63, 3.8) is 0 Å². The Morgan fingerprint density at radius 1 is 1.13 bits per heavy atom. The molecular weight excluding hydrogens is 200 g/mol. The summed E-state index contributed by atoms with van der Waals surface area (Å²) in [6.07, 6.45) is 0.0950. The summed E-state index contributed by atoms with van der Waals surface area (Å²) in [5.74, 6) is -0.306. The number of benzene rings is 1. The third-order valence-electron chi connectivity index (χ3n) is 2.37. The summed E-state index contributed by atoms with van der Waals surface area (Å²) < 4.78 is 14.8. The van der Waals surface area contributed by atoms with Crippen LogP contribution in [0, 0.1) is 0 Å². The quantitative estimate of drug-likeness (QED) is 0.460. The van der Waals surface area contributed by atoms with Gasteiger partial charge in [-0.3, -0.25) is 4.79 Å². The molecular formula is C10H6O5. The van der Waals surface area contributed by atoms with E-state index in [1.165, 1.54) is 0 Å². The zero-order chi connectivity index (χ0) is 10.4. The van der Waals surface area contributed by atoms with Crippen molar-refractivity contribution in [3.05, 3.63) is 23.3 Å². The van der Waals surface area contributed by atoms with Crippen LogP contribution in [0.5, 0.6) is 11.5 Å². The Morgan fingerprint density at radius 3 is 2.87 bits per heavy atom.